The second-order valence-corrected chi connectivity index (χ2v) is 7.50. The highest BCUT2D eigenvalue weighted by Gasteiger charge is 2.14. The van der Waals surface area contributed by atoms with E-state index in [2.05, 4.69) is 42.5 Å². The molecule has 0 fully saturated rings. The smallest absolute Gasteiger partial charge is 0.255 e. The molecule has 0 aliphatic heterocycles. The van der Waals surface area contributed by atoms with Gasteiger partial charge in [0, 0.05) is 5.56 Å². The quantitative estimate of drug-likeness (QED) is 0.658. The van der Waals surface area contributed by atoms with Crippen LogP contribution in [0.25, 0.3) is 0 Å². The van der Waals surface area contributed by atoms with Crippen LogP contribution in [0, 0.1) is 11.3 Å². The third-order valence-corrected chi connectivity index (χ3v) is 4.34. The Labute approximate surface area is 165 Å². The van der Waals surface area contributed by atoms with E-state index in [9.17, 15) is 4.79 Å². The molecule has 0 unspecified atom stereocenters. The summed E-state index contributed by atoms with van der Waals surface area (Å²) in [4.78, 5) is 16.8. The first-order valence-electron chi connectivity index (χ1n) is 9.01. The van der Waals surface area contributed by atoms with Gasteiger partial charge in [-0.2, -0.15) is 5.26 Å². The van der Waals surface area contributed by atoms with Gasteiger partial charge >= 0.3 is 0 Å². The van der Waals surface area contributed by atoms with E-state index < -0.39 is 0 Å². The van der Waals surface area contributed by atoms with Gasteiger partial charge in [-0.05, 0) is 47.4 Å². The predicted molar refractivity (Wildman–Crippen MR) is 112 cm³/mol. The van der Waals surface area contributed by atoms with Crippen molar-refractivity contribution in [3.05, 3.63) is 83.6 Å². The Hall–Kier alpha value is -3.65. The van der Waals surface area contributed by atoms with Crippen LogP contribution in [0.15, 0.2) is 66.9 Å². The van der Waals surface area contributed by atoms with Crippen LogP contribution in [0.1, 0.15) is 42.3 Å². The van der Waals surface area contributed by atoms with Crippen molar-refractivity contribution in [2.45, 2.75) is 26.2 Å². The van der Waals surface area contributed by atoms with Gasteiger partial charge in [0.2, 0.25) is 0 Å². The molecule has 0 radical (unpaired) electrons. The van der Waals surface area contributed by atoms with Gasteiger partial charge in [0.15, 0.2) is 0 Å². The fourth-order valence-electron chi connectivity index (χ4n) is 2.69. The Bertz CT molecular complexity index is 1010. The van der Waals surface area contributed by atoms with Crippen LogP contribution in [0.5, 0.6) is 0 Å². The molecule has 0 atom stereocenters. The van der Waals surface area contributed by atoms with Gasteiger partial charge in [0.25, 0.3) is 5.91 Å². The topological polar surface area (TPSA) is 77.8 Å². The number of nitrogens with one attached hydrogen (secondary N) is 2. The number of benzene rings is 2. The normalized spacial score (nSPS) is 10.8. The molecule has 5 heteroatoms. The van der Waals surface area contributed by atoms with Gasteiger partial charge in [0.1, 0.15) is 11.9 Å². The molecule has 3 rings (SSSR count). The maximum atomic E-state index is 12.4. The third kappa shape index (κ3) is 4.54. The van der Waals surface area contributed by atoms with Gasteiger partial charge in [-0.25, -0.2) is 4.98 Å². The van der Waals surface area contributed by atoms with Crippen LogP contribution in [-0.2, 0) is 5.41 Å². The average Bonchev–Trinajstić information content (AvgIpc) is 2.69. The summed E-state index contributed by atoms with van der Waals surface area (Å²) < 4.78 is 0. The lowest BCUT2D eigenvalue weighted by Gasteiger charge is -2.19. The number of rotatable bonds is 4. The molecule has 0 aliphatic rings. The molecule has 1 amide bonds. The summed E-state index contributed by atoms with van der Waals surface area (Å²) in [6.45, 7) is 6.41. The summed E-state index contributed by atoms with van der Waals surface area (Å²) in [5.41, 5.74) is 3.65. The molecule has 0 saturated heterocycles. The summed E-state index contributed by atoms with van der Waals surface area (Å²) in [6.07, 6.45) is 1.58. The molecule has 1 aromatic heterocycles. The molecule has 2 N–H and O–H groups in total. The Morgan fingerprint density at radius 3 is 2.32 bits per heavy atom. The first kappa shape index (κ1) is 19.1. The molecule has 0 spiro atoms. The van der Waals surface area contributed by atoms with Crippen LogP contribution >= 0.6 is 0 Å². The monoisotopic (exact) mass is 370 g/mol. The number of carbonyl (C=O) groups is 1. The van der Waals surface area contributed by atoms with Gasteiger partial charge < -0.3 is 10.6 Å². The second-order valence-electron chi connectivity index (χ2n) is 7.50. The fourth-order valence-corrected chi connectivity index (χ4v) is 2.69. The summed E-state index contributed by atoms with van der Waals surface area (Å²) in [7, 11) is 0. The number of nitrogens with zero attached hydrogens (tertiary/aromatic N) is 2. The summed E-state index contributed by atoms with van der Waals surface area (Å²) in [5, 5.41) is 15.1. The lowest BCUT2D eigenvalue weighted by atomic mass is 9.87. The number of amides is 1. The maximum absolute atomic E-state index is 12.4. The highest BCUT2D eigenvalue weighted by atomic mass is 16.1. The third-order valence-electron chi connectivity index (χ3n) is 4.34. The molecule has 5 nitrogen and oxygen atoms in total. The zero-order chi connectivity index (χ0) is 20.1. The zero-order valence-electron chi connectivity index (χ0n) is 16.2. The van der Waals surface area contributed by atoms with Crippen molar-refractivity contribution in [3.8, 4) is 6.07 Å². The van der Waals surface area contributed by atoms with E-state index >= 15 is 0 Å². The first-order chi connectivity index (χ1) is 13.4. The van der Waals surface area contributed by atoms with E-state index in [0.717, 1.165) is 0 Å². The number of para-hydroxylation sites is 1. The summed E-state index contributed by atoms with van der Waals surface area (Å²) in [5.74, 6) is 0.410. The molecule has 3 aromatic rings. The minimum Gasteiger partial charge on any atom is -0.339 e. The van der Waals surface area contributed by atoms with Crippen molar-refractivity contribution in [2.24, 2.45) is 0 Å². The van der Waals surface area contributed by atoms with Crippen LogP contribution in [0.2, 0.25) is 0 Å². The van der Waals surface area contributed by atoms with Crippen LogP contribution in [0.4, 0.5) is 17.2 Å². The Morgan fingerprint density at radius 1 is 1.00 bits per heavy atom. The van der Waals surface area contributed by atoms with Crippen molar-refractivity contribution in [2.75, 3.05) is 10.6 Å². The summed E-state index contributed by atoms with van der Waals surface area (Å²) >= 11 is 0. The standard InChI is InChI=1S/C23H22N4O/c1-23(2,3)18-10-8-16(9-11-18)22(28)26-19-12-13-21(25-15-19)27-20-7-5-4-6-17(20)14-24/h4-13,15H,1-3H3,(H,25,27)(H,26,28). The van der Waals surface area contributed by atoms with Crippen molar-refractivity contribution in [1.29, 1.82) is 5.26 Å². The molecule has 0 saturated carbocycles. The highest BCUT2D eigenvalue weighted by Crippen LogP contribution is 2.23. The van der Waals surface area contributed by atoms with E-state index in [-0.39, 0.29) is 11.3 Å². The highest BCUT2D eigenvalue weighted by molar-refractivity contribution is 6.04. The maximum Gasteiger partial charge on any atom is 0.255 e. The molecule has 0 aliphatic carbocycles. The zero-order valence-corrected chi connectivity index (χ0v) is 16.2. The number of nitriles is 1. The second kappa shape index (κ2) is 7.93. The van der Waals surface area contributed by atoms with E-state index in [4.69, 9.17) is 5.26 Å². The Balaban J connectivity index is 1.67. The lowest BCUT2D eigenvalue weighted by Crippen LogP contribution is -2.14. The molecular formula is C23H22N4O. The number of anilines is 3. The van der Waals surface area contributed by atoms with Crippen LogP contribution < -0.4 is 10.6 Å². The van der Waals surface area contributed by atoms with E-state index in [1.807, 2.05) is 42.5 Å². The Kier molecular flexibility index (Phi) is 5.42. The molecule has 1 heterocycles. The fraction of sp³-hybridized carbons (Fsp3) is 0.174. The number of hydrogen-bond donors (Lipinski definition) is 2. The first-order valence-corrected chi connectivity index (χ1v) is 9.01. The number of aromatic nitrogens is 1. The number of hydrogen-bond acceptors (Lipinski definition) is 4. The number of pyridine rings is 1. The molecule has 0 bridgehead atoms. The Morgan fingerprint density at radius 2 is 1.71 bits per heavy atom. The molecular weight excluding hydrogens is 348 g/mol. The van der Waals surface area contributed by atoms with Gasteiger partial charge in [-0.15, -0.1) is 0 Å². The van der Waals surface area contributed by atoms with Crippen molar-refractivity contribution in [3.63, 3.8) is 0 Å². The van der Waals surface area contributed by atoms with Crippen molar-refractivity contribution < 1.29 is 4.79 Å². The van der Waals surface area contributed by atoms with Crippen LogP contribution in [0.3, 0.4) is 0 Å². The molecule has 140 valence electrons. The minimum atomic E-state index is -0.183. The van der Waals surface area contributed by atoms with E-state index in [1.54, 1.807) is 24.4 Å². The largest absolute Gasteiger partial charge is 0.339 e. The van der Waals surface area contributed by atoms with Crippen molar-refractivity contribution in [1.82, 2.24) is 4.98 Å². The average molecular weight is 370 g/mol. The van der Waals surface area contributed by atoms with Gasteiger partial charge in [-0.3, -0.25) is 4.79 Å². The SMILES string of the molecule is CC(C)(C)c1ccc(C(=O)Nc2ccc(Nc3ccccc3C#N)nc2)cc1. The van der Waals surface area contributed by atoms with E-state index in [1.165, 1.54) is 5.56 Å². The number of carbonyl (C=O) groups excluding carboxylic acids is 1. The van der Waals surface area contributed by atoms with Crippen LogP contribution in [-0.4, -0.2) is 10.9 Å². The summed E-state index contributed by atoms with van der Waals surface area (Å²) in [6, 6.07) is 20.5. The lowest BCUT2D eigenvalue weighted by molar-refractivity contribution is 0.102. The van der Waals surface area contributed by atoms with Gasteiger partial charge in [-0.1, -0.05) is 45.0 Å². The van der Waals surface area contributed by atoms with Crippen molar-refractivity contribution >= 4 is 23.1 Å². The van der Waals surface area contributed by atoms with E-state index in [0.29, 0.717) is 28.3 Å². The predicted octanol–water partition coefficient (Wildman–Crippen LogP) is 5.25. The minimum absolute atomic E-state index is 0.0475. The van der Waals surface area contributed by atoms with Gasteiger partial charge in [0.05, 0.1) is 23.1 Å². The molecule has 28 heavy (non-hydrogen) atoms. The molecule has 2 aromatic carbocycles.